The molecule has 0 aromatic rings. The summed E-state index contributed by atoms with van der Waals surface area (Å²) in [5.74, 6) is 0.888. The van der Waals surface area contributed by atoms with Crippen LogP contribution in [0.4, 0.5) is 0 Å². The van der Waals surface area contributed by atoms with Crippen LogP contribution in [0.3, 0.4) is 0 Å². The first-order valence-electron chi connectivity index (χ1n) is 3.90. The first kappa shape index (κ1) is 9.70. The zero-order valence-electron chi connectivity index (χ0n) is 7.10. The number of rotatable bonds is 0. The molecule has 0 unspecified atom stereocenters. The van der Waals surface area contributed by atoms with Crippen LogP contribution in [0.2, 0.25) is 0 Å². The van der Waals surface area contributed by atoms with Gasteiger partial charge in [0.1, 0.15) is 0 Å². The molecule has 1 rings (SSSR count). The molecule has 0 aliphatic carbocycles. The predicted octanol–water partition coefficient (Wildman–Crippen LogP) is 2.62. The second kappa shape index (κ2) is 5.48. The van der Waals surface area contributed by atoms with Gasteiger partial charge in [0, 0.05) is 6.61 Å². The lowest BCUT2D eigenvalue weighted by Gasteiger charge is -2.23. The van der Waals surface area contributed by atoms with E-state index in [0.29, 0.717) is 6.10 Å². The van der Waals surface area contributed by atoms with Crippen molar-refractivity contribution in [2.24, 2.45) is 5.92 Å². The minimum atomic E-state index is 0.513. The average Bonchev–Trinajstić information content (AvgIpc) is 1.91. The predicted molar refractivity (Wildman–Crippen MR) is 45.1 cm³/mol. The van der Waals surface area contributed by atoms with Gasteiger partial charge in [0.2, 0.25) is 0 Å². The molecule has 1 aliphatic rings. The monoisotopic (exact) mass is 142 g/mol. The van der Waals surface area contributed by atoms with Crippen LogP contribution >= 0.6 is 0 Å². The molecule has 1 aliphatic heterocycles. The highest BCUT2D eigenvalue weighted by Gasteiger charge is 2.13. The van der Waals surface area contributed by atoms with Crippen molar-refractivity contribution < 1.29 is 4.74 Å². The van der Waals surface area contributed by atoms with E-state index < -0.39 is 0 Å². The van der Waals surface area contributed by atoms with Gasteiger partial charge in [-0.05, 0) is 25.7 Å². The quantitative estimate of drug-likeness (QED) is 0.472. The highest BCUT2D eigenvalue weighted by Crippen LogP contribution is 2.18. The third-order valence-electron chi connectivity index (χ3n) is 1.75. The molecule has 0 saturated carbocycles. The lowest BCUT2D eigenvalue weighted by Crippen LogP contribution is -2.20. The fraction of sp³-hybridized carbons (Fsp3) is 0.778. The van der Waals surface area contributed by atoms with Crippen molar-refractivity contribution in [3.63, 3.8) is 0 Å². The van der Waals surface area contributed by atoms with Gasteiger partial charge in [0.25, 0.3) is 0 Å². The van der Waals surface area contributed by atoms with E-state index in [0.717, 1.165) is 12.5 Å². The van der Waals surface area contributed by atoms with Crippen molar-refractivity contribution in [1.29, 1.82) is 0 Å². The van der Waals surface area contributed by atoms with E-state index in [4.69, 9.17) is 4.74 Å². The highest BCUT2D eigenvalue weighted by molar-refractivity contribution is 4.63. The minimum absolute atomic E-state index is 0.513. The Morgan fingerprint density at radius 2 is 1.90 bits per heavy atom. The first-order valence-corrected chi connectivity index (χ1v) is 3.90. The molecule has 0 spiro atoms. The number of hydrogen-bond donors (Lipinski definition) is 0. The van der Waals surface area contributed by atoms with Crippen LogP contribution in [0.15, 0.2) is 13.2 Å². The maximum atomic E-state index is 5.35. The molecule has 1 saturated heterocycles. The molecule has 60 valence electrons. The topological polar surface area (TPSA) is 9.23 Å². The Morgan fingerprint density at radius 3 is 2.20 bits per heavy atom. The van der Waals surface area contributed by atoms with Gasteiger partial charge in [-0.1, -0.05) is 6.92 Å². The summed E-state index contributed by atoms with van der Waals surface area (Å²) in [7, 11) is 0. The standard InChI is InChI=1S/C7H14O.C2H4/c1-6-3-4-8-7(2)5-6;1-2/h6-7H,3-5H2,1-2H3;1-2H2/t6-,7-;/m0./s1. The molecule has 1 fully saturated rings. The molecule has 0 aromatic carbocycles. The van der Waals surface area contributed by atoms with Crippen molar-refractivity contribution in [2.45, 2.75) is 32.8 Å². The smallest absolute Gasteiger partial charge is 0.0549 e. The van der Waals surface area contributed by atoms with Gasteiger partial charge in [-0.3, -0.25) is 0 Å². The van der Waals surface area contributed by atoms with Gasteiger partial charge < -0.3 is 4.74 Å². The van der Waals surface area contributed by atoms with Gasteiger partial charge in [-0.2, -0.15) is 0 Å². The van der Waals surface area contributed by atoms with Crippen molar-refractivity contribution in [3.8, 4) is 0 Å². The summed E-state index contributed by atoms with van der Waals surface area (Å²) < 4.78 is 5.35. The van der Waals surface area contributed by atoms with Gasteiger partial charge >= 0.3 is 0 Å². The second-order valence-electron chi connectivity index (χ2n) is 2.81. The van der Waals surface area contributed by atoms with E-state index in [2.05, 4.69) is 27.0 Å². The molecule has 10 heavy (non-hydrogen) atoms. The first-order chi connectivity index (χ1) is 4.79. The van der Waals surface area contributed by atoms with Gasteiger partial charge in [0.15, 0.2) is 0 Å². The molecular weight excluding hydrogens is 124 g/mol. The fourth-order valence-corrected chi connectivity index (χ4v) is 1.22. The molecule has 0 amide bonds. The van der Waals surface area contributed by atoms with Crippen molar-refractivity contribution in [2.75, 3.05) is 6.61 Å². The molecule has 1 heterocycles. The Labute approximate surface area is 64.1 Å². The normalized spacial score (nSPS) is 32.2. The Hall–Kier alpha value is -0.300. The van der Waals surface area contributed by atoms with Crippen LogP contribution in [0.25, 0.3) is 0 Å². The maximum absolute atomic E-state index is 5.35. The lowest BCUT2D eigenvalue weighted by atomic mass is 9.99. The van der Waals surface area contributed by atoms with E-state index in [1.54, 1.807) is 0 Å². The lowest BCUT2D eigenvalue weighted by molar-refractivity contribution is 0.00682. The minimum Gasteiger partial charge on any atom is -0.378 e. The van der Waals surface area contributed by atoms with Crippen LogP contribution in [0.5, 0.6) is 0 Å². The molecule has 0 aromatic heterocycles. The zero-order chi connectivity index (χ0) is 7.98. The van der Waals surface area contributed by atoms with Crippen molar-refractivity contribution >= 4 is 0 Å². The molecule has 1 nitrogen and oxygen atoms in total. The van der Waals surface area contributed by atoms with E-state index in [9.17, 15) is 0 Å². The fourth-order valence-electron chi connectivity index (χ4n) is 1.22. The molecule has 0 bridgehead atoms. The van der Waals surface area contributed by atoms with Gasteiger partial charge in [0.05, 0.1) is 6.10 Å². The number of hydrogen-bond acceptors (Lipinski definition) is 1. The van der Waals surface area contributed by atoms with Crippen molar-refractivity contribution in [3.05, 3.63) is 13.2 Å². The summed E-state index contributed by atoms with van der Waals surface area (Å²) in [6, 6.07) is 0. The summed E-state index contributed by atoms with van der Waals surface area (Å²) in [6.45, 7) is 11.4. The summed E-state index contributed by atoms with van der Waals surface area (Å²) in [5.41, 5.74) is 0. The molecule has 0 radical (unpaired) electrons. The SMILES string of the molecule is C=C.C[C@H]1CCO[C@@H](C)C1. The average molecular weight is 142 g/mol. The molecule has 0 N–H and O–H groups in total. The van der Waals surface area contributed by atoms with Crippen LogP contribution in [0.1, 0.15) is 26.7 Å². The molecule has 2 atom stereocenters. The zero-order valence-corrected chi connectivity index (χ0v) is 7.10. The Morgan fingerprint density at radius 1 is 1.30 bits per heavy atom. The number of ether oxygens (including phenoxy) is 1. The van der Waals surface area contributed by atoms with E-state index >= 15 is 0 Å². The Balaban J connectivity index is 0.000000371. The summed E-state index contributed by atoms with van der Waals surface area (Å²) in [4.78, 5) is 0. The Bertz CT molecular complexity index is 72.8. The van der Waals surface area contributed by atoms with Crippen LogP contribution in [0, 0.1) is 5.92 Å². The van der Waals surface area contributed by atoms with Crippen LogP contribution in [-0.4, -0.2) is 12.7 Å². The largest absolute Gasteiger partial charge is 0.378 e. The Kier molecular flexibility index (Phi) is 5.32. The maximum Gasteiger partial charge on any atom is 0.0549 e. The second-order valence-corrected chi connectivity index (χ2v) is 2.81. The van der Waals surface area contributed by atoms with Crippen LogP contribution in [-0.2, 0) is 4.74 Å². The molecule has 1 heteroatoms. The summed E-state index contributed by atoms with van der Waals surface area (Å²) >= 11 is 0. The third-order valence-corrected chi connectivity index (χ3v) is 1.75. The van der Waals surface area contributed by atoms with E-state index in [1.807, 2.05) is 0 Å². The summed E-state index contributed by atoms with van der Waals surface area (Å²) in [5, 5.41) is 0. The third kappa shape index (κ3) is 3.67. The van der Waals surface area contributed by atoms with Crippen molar-refractivity contribution in [1.82, 2.24) is 0 Å². The van der Waals surface area contributed by atoms with E-state index in [1.165, 1.54) is 12.8 Å². The van der Waals surface area contributed by atoms with Crippen LogP contribution < -0.4 is 0 Å². The molecular formula is C9H18O. The highest BCUT2D eigenvalue weighted by atomic mass is 16.5. The van der Waals surface area contributed by atoms with Gasteiger partial charge in [-0.15, -0.1) is 13.2 Å². The van der Waals surface area contributed by atoms with E-state index in [-0.39, 0.29) is 0 Å². The summed E-state index contributed by atoms with van der Waals surface area (Å²) in [6.07, 6.45) is 3.02. The van der Waals surface area contributed by atoms with Gasteiger partial charge in [-0.25, -0.2) is 0 Å².